The van der Waals surface area contributed by atoms with Crippen LogP contribution in [0.1, 0.15) is 11.1 Å². The van der Waals surface area contributed by atoms with Gasteiger partial charge >= 0.3 is 6.18 Å². The Balaban J connectivity index is 2.50. The molecule has 0 nitrogen and oxygen atoms in total. The molecule has 0 radical (unpaired) electrons. The molecule has 132 valence electrons. The van der Waals surface area contributed by atoms with Gasteiger partial charge in [0.2, 0.25) is 9.84 Å². The van der Waals surface area contributed by atoms with Crippen LogP contribution in [0, 0.1) is 0 Å². The molecule has 0 spiro atoms. The second-order valence-corrected chi connectivity index (χ2v) is 8.37. The highest BCUT2D eigenvalue weighted by molar-refractivity contribution is 8.52. The standard InChI is InChI=1S/C15H10ClF7S/c16-14(11-6-8-12(9-7-11)15(17,18)19)10-24(20,21,22,23)13-4-2-1-3-5-13/h1-10H/b14-10+. The minimum Gasteiger partial charge on any atom is -0.166 e. The van der Waals surface area contributed by atoms with E-state index in [1.807, 2.05) is 0 Å². The molecule has 0 saturated carbocycles. The van der Waals surface area contributed by atoms with E-state index in [-0.39, 0.29) is 5.56 Å². The Labute approximate surface area is 138 Å². The van der Waals surface area contributed by atoms with Crippen molar-refractivity contribution in [3.63, 3.8) is 0 Å². The van der Waals surface area contributed by atoms with Gasteiger partial charge in [-0.2, -0.15) is 13.2 Å². The van der Waals surface area contributed by atoms with Crippen LogP contribution in [0.15, 0.2) is 64.9 Å². The zero-order chi connectivity index (χ0) is 18.3. The summed E-state index contributed by atoms with van der Waals surface area (Å²) in [5.74, 6) is 0. The molecule has 0 aromatic heterocycles. The number of hydrogen-bond donors (Lipinski definition) is 0. The Bertz CT molecular complexity index is 773. The van der Waals surface area contributed by atoms with E-state index >= 15 is 0 Å². The SMILES string of the molecule is FC(F)(F)c1ccc(/C(Cl)=C\S(F)(F)(F)(F)c2ccccc2)cc1. The van der Waals surface area contributed by atoms with Crippen LogP contribution in [-0.4, -0.2) is 0 Å². The molecule has 0 aliphatic carbocycles. The number of rotatable bonds is 3. The van der Waals surface area contributed by atoms with Crippen LogP contribution in [0.3, 0.4) is 0 Å². The van der Waals surface area contributed by atoms with Gasteiger partial charge in [0.1, 0.15) is 0 Å². The third-order valence-corrected chi connectivity index (χ3v) is 5.49. The largest absolute Gasteiger partial charge is 0.416 e. The fraction of sp³-hybridized carbons (Fsp3) is 0.0667. The molecule has 2 aromatic carbocycles. The summed E-state index contributed by atoms with van der Waals surface area (Å²) < 4.78 is 94.1. The summed E-state index contributed by atoms with van der Waals surface area (Å²) in [7, 11) is -8.82. The van der Waals surface area contributed by atoms with E-state index in [4.69, 9.17) is 11.6 Å². The first-order chi connectivity index (χ1) is 10.7. The van der Waals surface area contributed by atoms with Crippen LogP contribution in [-0.2, 0) is 6.18 Å². The van der Waals surface area contributed by atoms with Crippen molar-refractivity contribution < 1.29 is 28.7 Å². The molecule has 0 atom stereocenters. The minimum absolute atomic E-state index is 0.379. The van der Waals surface area contributed by atoms with Gasteiger partial charge in [0.15, 0.2) is 0 Å². The molecule has 0 saturated heterocycles. The summed E-state index contributed by atoms with van der Waals surface area (Å²) >= 11 is 5.54. The Morgan fingerprint density at radius 3 is 1.79 bits per heavy atom. The van der Waals surface area contributed by atoms with Crippen molar-refractivity contribution in [2.75, 3.05) is 0 Å². The lowest BCUT2D eigenvalue weighted by molar-refractivity contribution is -0.137. The molecule has 0 amide bonds. The molecule has 0 unspecified atom stereocenters. The van der Waals surface area contributed by atoms with Gasteiger partial charge in [0, 0.05) is 0 Å². The maximum atomic E-state index is 14.2. The highest BCUT2D eigenvalue weighted by Crippen LogP contribution is 3.02. The summed E-state index contributed by atoms with van der Waals surface area (Å²) in [6.45, 7) is 0. The van der Waals surface area contributed by atoms with Crippen LogP contribution in [0.25, 0.3) is 5.03 Å². The van der Waals surface area contributed by atoms with E-state index in [0.29, 0.717) is 24.3 Å². The van der Waals surface area contributed by atoms with Crippen LogP contribution in [0.5, 0.6) is 0 Å². The van der Waals surface area contributed by atoms with E-state index in [1.54, 1.807) is 0 Å². The lowest BCUT2D eigenvalue weighted by Gasteiger charge is -2.47. The molecular formula is C15H10ClF7S. The Morgan fingerprint density at radius 1 is 0.833 bits per heavy atom. The van der Waals surface area contributed by atoms with Gasteiger partial charge in [0.25, 0.3) is 0 Å². The van der Waals surface area contributed by atoms with Crippen molar-refractivity contribution in [1.29, 1.82) is 0 Å². The first-order valence-corrected chi connectivity index (χ1v) is 8.83. The summed E-state index contributed by atoms with van der Waals surface area (Å²) in [4.78, 5) is -1.50. The third-order valence-electron chi connectivity index (χ3n) is 3.06. The van der Waals surface area contributed by atoms with E-state index in [9.17, 15) is 28.7 Å². The van der Waals surface area contributed by atoms with Gasteiger partial charge < -0.3 is 0 Å². The number of benzene rings is 2. The van der Waals surface area contributed by atoms with Crippen molar-refractivity contribution in [1.82, 2.24) is 0 Å². The maximum Gasteiger partial charge on any atom is 0.416 e. The van der Waals surface area contributed by atoms with Crippen LogP contribution in [0.2, 0.25) is 0 Å². The predicted molar refractivity (Wildman–Crippen MR) is 82.0 cm³/mol. The Hall–Kier alpha value is -1.67. The zero-order valence-corrected chi connectivity index (χ0v) is 13.3. The van der Waals surface area contributed by atoms with Crippen molar-refractivity contribution >= 4 is 26.5 Å². The van der Waals surface area contributed by atoms with Gasteiger partial charge in [-0.15, -0.1) is 15.5 Å². The van der Waals surface area contributed by atoms with E-state index in [0.717, 1.165) is 24.3 Å². The molecule has 9 heteroatoms. The average Bonchev–Trinajstić information content (AvgIpc) is 2.46. The summed E-state index contributed by atoms with van der Waals surface area (Å²) in [5, 5.41) is -1.69. The van der Waals surface area contributed by atoms with Gasteiger partial charge in [-0.3, -0.25) is 0 Å². The van der Waals surface area contributed by atoms with Crippen LogP contribution >= 0.6 is 21.4 Å². The number of hydrogen-bond acceptors (Lipinski definition) is 0. The minimum atomic E-state index is -8.82. The second-order valence-electron chi connectivity index (χ2n) is 4.99. The second kappa shape index (κ2) is 5.16. The van der Waals surface area contributed by atoms with Gasteiger partial charge in [-0.1, -0.05) is 41.9 Å². The van der Waals surface area contributed by atoms with Crippen LogP contribution < -0.4 is 0 Å². The van der Waals surface area contributed by atoms with E-state index in [2.05, 4.69) is 0 Å². The third kappa shape index (κ3) is 4.05. The van der Waals surface area contributed by atoms with E-state index < -0.39 is 36.9 Å². The fourth-order valence-corrected chi connectivity index (χ4v) is 3.95. The molecule has 2 aromatic rings. The normalized spacial score (nSPS) is 16.4. The van der Waals surface area contributed by atoms with Crippen molar-refractivity contribution in [3.8, 4) is 0 Å². The van der Waals surface area contributed by atoms with Crippen molar-refractivity contribution in [3.05, 3.63) is 71.1 Å². The van der Waals surface area contributed by atoms with Gasteiger partial charge in [0.05, 0.1) is 20.9 Å². The summed E-state index contributed by atoms with van der Waals surface area (Å²) in [6.07, 6.45) is -4.64. The molecule has 0 fully saturated rings. The average molecular weight is 391 g/mol. The quantitative estimate of drug-likeness (QED) is 0.471. The monoisotopic (exact) mass is 390 g/mol. The lowest BCUT2D eigenvalue weighted by atomic mass is 10.1. The molecule has 0 heterocycles. The Kier molecular flexibility index (Phi) is 4.01. The molecular weight excluding hydrogens is 381 g/mol. The molecule has 0 aliphatic heterocycles. The maximum absolute atomic E-state index is 14.2. The highest BCUT2D eigenvalue weighted by Gasteiger charge is 2.62. The number of alkyl halides is 3. The topological polar surface area (TPSA) is 0 Å². The number of halogens is 8. The molecule has 0 aliphatic rings. The van der Waals surface area contributed by atoms with E-state index in [1.165, 1.54) is 6.07 Å². The smallest absolute Gasteiger partial charge is 0.166 e. The lowest BCUT2D eigenvalue weighted by Crippen LogP contribution is -2.10. The molecule has 24 heavy (non-hydrogen) atoms. The first-order valence-electron chi connectivity index (χ1n) is 6.33. The highest BCUT2D eigenvalue weighted by atomic mass is 35.5. The molecule has 2 rings (SSSR count). The Morgan fingerprint density at radius 2 is 1.33 bits per heavy atom. The van der Waals surface area contributed by atoms with Gasteiger partial charge in [-0.05, 0) is 29.8 Å². The molecule has 0 N–H and O–H groups in total. The predicted octanol–water partition coefficient (Wildman–Crippen LogP) is 7.72. The first kappa shape index (κ1) is 18.7. The summed E-state index contributed by atoms with van der Waals surface area (Å²) in [5.41, 5.74) is -1.43. The molecule has 0 bridgehead atoms. The van der Waals surface area contributed by atoms with Crippen molar-refractivity contribution in [2.24, 2.45) is 0 Å². The zero-order valence-electron chi connectivity index (χ0n) is 11.7. The van der Waals surface area contributed by atoms with Crippen molar-refractivity contribution in [2.45, 2.75) is 11.1 Å². The summed E-state index contributed by atoms with van der Waals surface area (Å²) in [6, 6.07) is 7.10. The fourth-order valence-electron chi connectivity index (χ4n) is 1.87. The van der Waals surface area contributed by atoms with Gasteiger partial charge in [-0.25, -0.2) is 0 Å². The van der Waals surface area contributed by atoms with Crippen LogP contribution in [0.4, 0.5) is 28.7 Å².